The van der Waals surface area contributed by atoms with Gasteiger partial charge in [0.15, 0.2) is 5.82 Å². The van der Waals surface area contributed by atoms with Crippen LogP contribution in [0.5, 0.6) is 5.75 Å². The van der Waals surface area contributed by atoms with Crippen molar-refractivity contribution in [3.05, 3.63) is 35.9 Å². The van der Waals surface area contributed by atoms with Crippen LogP contribution < -0.4 is 10.1 Å². The van der Waals surface area contributed by atoms with Crippen LogP contribution in [0.2, 0.25) is 0 Å². The molecule has 0 saturated heterocycles. The van der Waals surface area contributed by atoms with Gasteiger partial charge in [-0.2, -0.15) is 0 Å². The zero-order valence-corrected chi connectivity index (χ0v) is 11.8. The summed E-state index contributed by atoms with van der Waals surface area (Å²) < 4.78 is 7.58. The normalized spacial score (nSPS) is 10.8. The van der Waals surface area contributed by atoms with Crippen molar-refractivity contribution in [3.8, 4) is 5.75 Å². The van der Waals surface area contributed by atoms with Crippen LogP contribution in [0, 0.1) is 6.92 Å². The van der Waals surface area contributed by atoms with Crippen LogP contribution in [0.3, 0.4) is 0 Å². The van der Waals surface area contributed by atoms with Gasteiger partial charge in [-0.25, -0.2) is 0 Å². The van der Waals surface area contributed by atoms with Crippen LogP contribution in [0.4, 0.5) is 5.69 Å². The average Bonchev–Trinajstić information content (AvgIpc) is 2.69. The van der Waals surface area contributed by atoms with Gasteiger partial charge >= 0.3 is 0 Å². The van der Waals surface area contributed by atoms with Crippen LogP contribution in [0.15, 0.2) is 24.3 Å². The minimum absolute atomic E-state index is 0.195. The molecule has 1 heterocycles. The van der Waals surface area contributed by atoms with E-state index in [-0.39, 0.29) is 6.10 Å². The first-order valence-corrected chi connectivity index (χ1v) is 6.41. The lowest BCUT2D eigenvalue weighted by atomic mass is 10.3. The fourth-order valence-corrected chi connectivity index (χ4v) is 1.71. The molecule has 0 spiro atoms. The molecular weight excluding hydrogens is 240 g/mol. The zero-order valence-electron chi connectivity index (χ0n) is 11.8. The summed E-state index contributed by atoms with van der Waals surface area (Å²) in [6, 6.07) is 7.93. The molecule has 0 amide bonds. The van der Waals surface area contributed by atoms with Gasteiger partial charge in [0.2, 0.25) is 0 Å². The molecule has 2 rings (SSSR count). The molecule has 2 aromatic rings. The summed E-state index contributed by atoms with van der Waals surface area (Å²) in [5.41, 5.74) is 1.04. The molecule has 0 atom stereocenters. The molecule has 0 saturated carbocycles. The van der Waals surface area contributed by atoms with Crippen LogP contribution in [0.25, 0.3) is 0 Å². The molecule has 102 valence electrons. The minimum Gasteiger partial charge on any atom is -0.491 e. The number of hydrogen-bond donors (Lipinski definition) is 1. The fourth-order valence-electron chi connectivity index (χ4n) is 1.71. The molecule has 0 bridgehead atoms. The van der Waals surface area contributed by atoms with Gasteiger partial charge in [0.05, 0.1) is 12.6 Å². The maximum atomic E-state index is 5.60. The number of ether oxygens (including phenoxy) is 1. The van der Waals surface area contributed by atoms with E-state index in [9.17, 15) is 0 Å². The molecule has 0 radical (unpaired) electrons. The minimum atomic E-state index is 0.195. The van der Waals surface area contributed by atoms with E-state index in [1.807, 2.05) is 56.7 Å². The standard InChI is InChI=1S/C14H20N4O/c1-10(2)19-13-7-5-12(6-8-13)15-9-14-17-16-11(3)18(14)4/h5-8,10,15H,9H2,1-4H3. The largest absolute Gasteiger partial charge is 0.491 e. The van der Waals surface area contributed by atoms with Gasteiger partial charge in [-0.05, 0) is 45.0 Å². The molecule has 19 heavy (non-hydrogen) atoms. The molecule has 1 aromatic heterocycles. The summed E-state index contributed by atoms with van der Waals surface area (Å²) >= 11 is 0. The van der Waals surface area contributed by atoms with Crippen molar-refractivity contribution in [2.75, 3.05) is 5.32 Å². The Labute approximate surface area is 113 Å². The summed E-state index contributed by atoms with van der Waals surface area (Å²) in [6.07, 6.45) is 0.195. The number of nitrogens with zero attached hydrogens (tertiary/aromatic N) is 3. The van der Waals surface area contributed by atoms with E-state index in [1.165, 1.54) is 0 Å². The number of rotatable bonds is 5. The number of aryl methyl sites for hydroxylation is 1. The Hall–Kier alpha value is -2.04. The molecule has 0 unspecified atom stereocenters. The predicted octanol–water partition coefficient (Wildman–Crippen LogP) is 2.52. The predicted molar refractivity (Wildman–Crippen MR) is 75.3 cm³/mol. The van der Waals surface area contributed by atoms with E-state index in [4.69, 9.17) is 4.74 Å². The van der Waals surface area contributed by atoms with Gasteiger partial charge in [0, 0.05) is 12.7 Å². The molecule has 1 aromatic carbocycles. The van der Waals surface area contributed by atoms with E-state index in [0.29, 0.717) is 6.54 Å². The fraction of sp³-hybridized carbons (Fsp3) is 0.429. The molecule has 5 nitrogen and oxygen atoms in total. The Kier molecular flexibility index (Phi) is 4.04. The first kappa shape index (κ1) is 13.4. The van der Waals surface area contributed by atoms with Crippen LogP contribution in [-0.4, -0.2) is 20.9 Å². The zero-order chi connectivity index (χ0) is 13.8. The third kappa shape index (κ3) is 3.47. The highest BCUT2D eigenvalue weighted by atomic mass is 16.5. The molecule has 5 heteroatoms. The van der Waals surface area contributed by atoms with Crippen molar-refractivity contribution in [2.45, 2.75) is 33.4 Å². The Bertz CT molecular complexity index is 531. The molecular formula is C14H20N4O. The van der Waals surface area contributed by atoms with Gasteiger partial charge in [0.25, 0.3) is 0 Å². The van der Waals surface area contributed by atoms with Gasteiger partial charge in [-0.3, -0.25) is 0 Å². The summed E-state index contributed by atoms with van der Waals surface area (Å²) in [5.74, 6) is 2.72. The third-order valence-electron chi connectivity index (χ3n) is 2.86. The lowest BCUT2D eigenvalue weighted by molar-refractivity contribution is 0.242. The SMILES string of the molecule is Cc1nnc(CNc2ccc(OC(C)C)cc2)n1C. The molecule has 0 aliphatic carbocycles. The van der Waals surface area contributed by atoms with E-state index in [1.54, 1.807) is 0 Å². The first-order valence-electron chi connectivity index (χ1n) is 6.41. The summed E-state index contributed by atoms with van der Waals surface area (Å²) in [4.78, 5) is 0. The Morgan fingerprint density at radius 3 is 2.42 bits per heavy atom. The van der Waals surface area contributed by atoms with E-state index in [2.05, 4.69) is 15.5 Å². The van der Waals surface area contributed by atoms with Gasteiger partial charge < -0.3 is 14.6 Å². The van der Waals surface area contributed by atoms with Crippen LogP contribution >= 0.6 is 0 Å². The monoisotopic (exact) mass is 260 g/mol. The van der Waals surface area contributed by atoms with Gasteiger partial charge in [-0.1, -0.05) is 0 Å². The number of aromatic nitrogens is 3. The lowest BCUT2D eigenvalue weighted by Crippen LogP contribution is -2.07. The van der Waals surface area contributed by atoms with Crippen molar-refractivity contribution in [2.24, 2.45) is 7.05 Å². The van der Waals surface area contributed by atoms with E-state index < -0.39 is 0 Å². The van der Waals surface area contributed by atoms with E-state index in [0.717, 1.165) is 23.1 Å². The molecule has 0 aliphatic heterocycles. The topological polar surface area (TPSA) is 52.0 Å². The second-order valence-corrected chi connectivity index (χ2v) is 4.77. The highest BCUT2D eigenvalue weighted by Gasteiger charge is 2.04. The highest BCUT2D eigenvalue weighted by Crippen LogP contribution is 2.17. The van der Waals surface area contributed by atoms with Crippen molar-refractivity contribution in [3.63, 3.8) is 0 Å². The number of benzene rings is 1. The third-order valence-corrected chi connectivity index (χ3v) is 2.86. The maximum absolute atomic E-state index is 5.60. The second kappa shape index (κ2) is 5.73. The Morgan fingerprint density at radius 1 is 1.21 bits per heavy atom. The second-order valence-electron chi connectivity index (χ2n) is 4.77. The molecule has 0 aliphatic rings. The number of nitrogens with one attached hydrogen (secondary N) is 1. The Balaban J connectivity index is 1.95. The van der Waals surface area contributed by atoms with Crippen molar-refractivity contribution >= 4 is 5.69 Å². The van der Waals surface area contributed by atoms with Crippen molar-refractivity contribution in [1.82, 2.24) is 14.8 Å². The first-order chi connectivity index (χ1) is 9.06. The maximum Gasteiger partial charge on any atom is 0.152 e. The number of hydrogen-bond acceptors (Lipinski definition) is 4. The summed E-state index contributed by atoms with van der Waals surface area (Å²) in [6.45, 7) is 6.63. The smallest absolute Gasteiger partial charge is 0.152 e. The van der Waals surface area contributed by atoms with Crippen LogP contribution in [0.1, 0.15) is 25.5 Å². The van der Waals surface area contributed by atoms with Gasteiger partial charge in [-0.15, -0.1) is 10.2 Å². The van der Waals surface area contributed by atoms with Gasteiger partial charge in [0.1, 0.15) is 11.6 Å². The average molecular weight is 260 g/mol. The summed E-state index contributed by atoms with van der Waals surface area (Å²) in [5, 5.41) is 11.5. The van der Waals surface area contributed by atoms with Crippen LogP contribution in [-0.2, 0) is 13.6 Å². The number of anilines is 1. The van der Waals surface area contributed by atoms with Crippen molar-refractivity contribution < 1.29 is 4.74 Å². The van der Waals surface area contributed by atoms with Crippen molar-refractivity contribution in [1.29, 1.82) is 0 Å². The lowest BCUT2D eigenvalue weighted by Gasteiger charge is -2.11. The highest BCUT2D eigenvalue weighted by molar-refractivity contribution is 5.46. The molecule has 0 fully saturated rings. The summed E-state index contributed by atoms with van der Waals surface area (Å²) in [7, 11) is 1.96. The quantitative estimate of drug-likeness (QED) is 0.897. The van der Waals surface area contributed by atoms with E-state index >= 15 is 0 Å². The molecule has 1 N–H and O–H groups in total. The Morgan fingerprint density at radius 2 is 1.89 bits per heavy atom.